The van der Waals surface area contributed by atoms with Gasteiger partial charge in [0.2, 0.25) is 10.0 Å². The van der Waals surface area contributed by atoms with Crippen LogP contribution in [0.5, 0.6) is 5.75 Å². The number of nitrogens with one attached hydrogen (secondary N) is 2. The maximum Gasteiger partial charge on any atom is 0.251 e. The number of hydrogen-bond donors (Lipinski definition) is 2. The topological polar surface area (TPSA) is 84.5 Å². The summed E-state index contributed by atoms with van der Waals surface area (Å²) in [7, 11) is -3.52. The molecule has 0 heterocycles. The van der Waals surface area contributed by atoms with Crippen molar-refractivity contribution in [3.8, 4) is 5.75 Å². The van der Waals surface area contributed by atoms with Crippen LogP contribution < -0.4 is 14.8 Å². The van der Waals surface area contributed by atoms with Gasteiger partial charge in [0.15, 0.2) is 0 Å². The molecule has 6 nitrogen and oxygen atoms in total. The molecule has 0 unspecified atom stereocenters. The largest absolute Gasteiger partial charge is 0.492 e. The van der Waals surface area contributed by atoms with E-state index in [9.17, 15) is 17.6 Å². The van der Waals surface area contributed by atoms with Gasteiger partial charge in [-0.3, -0.25) is 4.79 Å². The van der Waals surface area contributed by atoms with Gasteiger partial charge in [0.1, 0.15) is 18.2 Å². The molecule has 0 saturated carbocycles. The average molecular weight is 366 g/mol. The van der Waals surface area contributed by atoms with Gasteiger partial charge < -0.3 is 10.1 Å². The Morgan fingerprint density at radius 2 is 1.68 bits per heavy atom. The van der Waals surface area contributed by atoms with E-state index < -0.39 is 10.0 Å². The highest BCUT2D eigenvalue weighted by Crippen LogP contribution is 2.10. The Morgan fingerprint density at radius 3 is 2.36 bits per heavy atom. The molecule has 0 spiro atoms. The highest BCUT2D eigenvalue weighted by atomic mass is 32.2. The molecule has 0 aliphatic rings. The van der Waals surface area contributed by atoms with Gasteiger partial charge in [0.25, 0.3) is 5.91 Å². The lowest BCUT2D eigenvalue weighted by atomic mass is 10.2. The zero-order valence-electron chi connectivity index (χ0n) is 13.4. The van der Waals surface area contributed by atoms with Crippen molar-refractivity contribution in [2.45, 2.75) is 0 Å². The summed E-state index contributed by atoms with van der Waals surface area (Å²) in [4.78, 5) is 11.8. The Balaban J connectivity index is 1.65. The lowest BCUT2D eigenvalue weighted by Gasteiger charge is -2.09. The zero-order valence-corrected chi connectivity index (χ0v) is 14.3. The molecule has 0 saturated heterocycles. The number of carbonyl (C=O) groups excluding carboxylic acids is 1. The Labute approximate surface area is 146 Å². The van der Waals surface area contributed by atoms with Gasteiger partial charge in [-0.15, -0.1) is 0 Å². The monoisotopic (exact) mass is 366 g/mol. The summed E-state index contributed by atoms with van der Waals surface area (Å²) < 4.78 is 44.0. The van der Waals surface area contributed by atoms with Gasteiger partial charge in [0, 0.05) is 18.7 Å². The molecule has 25 heavy (non-hydrogen) atoms. The fourth-order valence-electron chi connectivity index (χ4n) is 1.95. The number of amides is 1. The van der Waals surface area contributed by atoms with Gasteiger partial charge in [-0.25, -0.2) is 17.5 Å². The normalized spacial score (nSPS) is 11.1. The molecule has 1 amide bonds. The van der Waals surface area contributed by atoms with Gasteiger partial charge in [-0.05, 0) is 36.4 Å². The van der Waals surface area contributed by atoms with Crippen LogP contribution in [0.3, 0.4) is 0 Å². The SMILES string of the molecule is O=C(NCCNS(=O)(=O)CCOc1ccc(F)cc1)c1ccccc1. The van der Waals surface area contributed by atoms with Crippen molar-refractivity contribution in [2.75, 3.05) is 25.4 Å². The van der Waals surface area contributed by atoms with Crippen molar-refractivity contribution < 1.29 is 22.3 Å². The molecule has 0 atom stereocenters. The number of ether oxygens (including phenoxy) is 1. The highest BCUT2D eigenvalue weighted by molar-refractivity contribution is 7.89. The van der Waals surface area contributed by atoms with Gasteiger partial charge in [-0.1, -0.05) is 18.2 Å². The zero-order chi connectivity index (χ0) is 18.1. The minimum Gasteiger partial charge on any atom is -0.492 e. The molecule has 0 fully saturated rings. The molecule has 2 rings (SSSR count). The van der Waals surface area contributed by atoms with E-state index in [1.807, 2.05) is 0 Å². The van der Waals surface area contributed by atoms with E-state index in [2.05, 4.69) is 10.0 Å². The van der Waals surface area contributed by atoms with E-state index in [-0.39, 0.29) is 37.2 Å². The first-order chi connectivity index (χ1) is 12.0. The molecule has 0 bridgehead atoms. The van der Waals surface area contributed by atoms with Crippen molar-refractivity contribution in [1.29, 1.82) is 0 Å². The maximum absolute atomic E-state index is 12.7. The summed E-state index contributed by atoms with van der Waals surface area (Å²) >= 11 is 0. The van der Waals surface area contributed by atoms with Crippen LogP contribution in [0.15, 0.2) is 54.6 Å². The van der Waals surface area contributed by atoms with Gasteiger partial charge >= 0.3 is 0 Å². The number of sulfonamides is 1. The van der Waals surface area contributed by atoms with Gasteiger partial charge in [0.05, 0.1) is 5.75 Å². The first-order valence-corrected chi connectivity index (χ1v) is 9.30. The minimum atomic E-state index is -3.52. The molecular formula is C17H19FN2O4S. The molecule has 0 aromatic heterocycles. The number of halogens is 1. The summed E-state index contributed by atoms with van der Waals surface area (Å²) in [5, 5.41) is 2.63. The standard InChI is InChI=1S/C17H19FN2O4S/c18-15-6-8-16(9-7-15)24-12-13-25(22,23)20-11-10-19-17(21)14-4-2-1-3-5-14/h1-9,20H,10-13H2,(H,19,21). The second-order valence-corrected chi connectivity index (χ2v) is 7.06. The van der Waals surface area contributed by atoms with Crippen LogP contribution in [0, 0.1) is 5.82 Å². The lowest BCUT2D eigenvalue weighted by molar-refractivity contribution is 0.0954. The Hall–Kier alpha value is -2.45. The van der Waals surface area contributed by atoms with Crippen LogP contribution in [0.25, 0.3) is 0 Å². The maximum atomic E-state index is 12.7. The van der Waals surface area contributed by atoms with Crippen molar-refractivity contribution in [2.24, 2.45) is 0 Å². The predicted octanol–water partition coefficient (Wildman–Crippen LogP) is 1.55. The van der Waals surface area contributed by atoms with Crippen LogP contribution in [-0.4, -0.2) is 39.8 Å². The fourth-order valence-corrected chi connectivity index (χ4v) is 2.81. The van der Waals surface area contributed by atoms with E-state index in [0.717, 1.165) is 0 Å². The Bertz CT molecular complexity index is 780. The number of hydrogen-bond acceptors (Lipinski definition) is 4. The van der Waals surface area contributed by atoms with E-state index in [1.54, 1.807) is 30.3 Å². The molecule has 2 aromatic carbocycles. The summed E-state index contributed by atoms with van der Waals surface area (Å²) in [5.41, 5.74) is 0.512. The lowest BCUT2D eigenvalue weighted by Crippen LogP contribution is -2.36. The highest BCUT2D eigenvalue weighted by Gasteiger charge is 2.10. The number of rotatable bonds is 9. The molecule has 0 radical (unpaired) electrons. The van der Waals surface area contributed by atoms with E-state index in [1.165, 1.54) is 24.3 Å². The predicted molar refractivity (Wildman–Crippen MR) is 92.5 cm³/mol. The second-order valence-electron chi connectivity index (χ2n) is 5.14. The number of benzene rings is 2. The molecule has 2 aromatic rings. The summed E-state index contributed by atoms with van der Waals surface area (Å²) in [6.45, 7) is 0.195. The molecule has 134 valence electrons. The van der Waals surface area contributed by atoms with Crippen LogP contribution in [0.1, 0.15) is 10.4 Å². The van der Waals surface area contributed by atoms with Crippen LogP contribution >= 0.6 is 0 Å². The minimum absolute atomic E-state index is 0.0582. The first kappa shape index (κ1) is 18.9. The quantitative estimate of drug-likeness (QED) is 0.660. The second kappa shape index (κ2) is 9.14. The Kier molecular flexibility index (Phi) is 6.91. The van der Waals surface area contributed by atoms with Crippen LogP contribution in [0.2, 0.25) is 0 Å². The molecule has 0 aliphatic heterocycles. The molecule has 2 N–H and O–H groups in total. The fraction of sp³-hybridized carbons (Fsp3) is 0.235. The van der Waals surface area contributed by atoms with Crippen molar-refractivity contribution >= 4 is 15.9 Å². The summed E-state index contributed by atoms with van der Waals surface area (Å²) in [6, 6.07) is 14.0. The smallest absolute Gasteiger partial charge is 0.251 e. The van der Waals surface area contributed by atoms with E-state index in [4.69, 9.17) is 4.74 Å². The molecule has 0 aliphatic carbocycles. The average Bonchev–Trinajstić information content (AvgIpc) is 2.61. The third kappa shape index (κ3) is 6.90. The summed E-state index contributed by atoms with van der Waals surface area (Å²) in [5.74, 6) is -0.498. The van der Waals surface area contributed by atoms with Gasteiger partial charge in [-0.2, -0.15) is 0 Å². The molecule has 8 heteroatoms. The molecular weight excluding hydrogens is 347 g/mol. The Morgan fingerprint density at radius 1 is 1.00 bits per heavy atom. The first-order valence-electron chi connectivity index (χ1n) is 7.65. The third-order valence-electron chi connectivity index (χ3n) is 3.20. The van der Waals surface area contributed by atoms with Crippen molar-refractivity contribution in [3.63, 3.8) is 0 Å². The van der Waals surface area contributed by atoms with Crippen LogP contribution in [0.4, 0.5) is 4.39 Å². The third-order valence-corrected chi connectivity index (χ3v) is 4.55. The van der Waals surface area contributed by atoms with E-state index in [0.29, 0.717) is 11.3 Å². The van der Waals surface area contributed by atoms with Crippen molar-refractivity contribution in [1.82, 2.24) is 10.0 Å². The number of carbonyl (C=O) groups is 1. The van der Waals surface area contributed by atoms with Crippen molar-refractivity contribution in [3.05, 3.63) is 66.0 Å². The van der Waals surface area contributed by atoms with E-state index >= 15 is 0 Å². The van der Waals surface area contributed by atoms with Crippen LogP contribution in [-0.2, 0) is 10.0 Å². The summed E-state index contributed by atoms with van der Waals surface area (Å²) in [6.07, 6.45) is 0.